The zero-order valence-corrected chi connectivity index (χ0v) is 11.8. The Morgan fingerprint density at radius 1 is 1.38 bits per heavy atom. The number of hydrogen-bond acceptors (Lipinski definition) is 5. The van der Waals surface area contributed by atoms with Crippen molar-refractivity contribution in [3.63, 3.8) is 0 Å². The van der Waals surface area contributed by atoms with E-state index in [9.17, 15) is 9.90 Å². The van der Waals surface area contributed by atoms with Crippen molar-refractivity contribution in [2.45, 2.75) is 18.7 Å². The minimum atomic E-state index is -0.652. The summed E-state index contributed by atoms with van der Waals surface area (Å²) in [5.41, 5.74) is 0.802. The Morgan fingerprint density at radius 3 is 2.76 bits per heavy atom. The fourth-order valence-electron chi connectivity index (χ4n) is 2.04. The smallest absolute Gasteiger partial charge is 0.327 e. The number of carbonyl (C=O) groups excluding carboxylic acids is 1. The Kier molecular flexibility index (Phi) is 5.48. The zero-order valence-electron chi connectivity index (χ0n) is 11.8. The van der Waals surface area contributed by atoms with Crippen molar-refractivity contribution in [1.29, 1.82) is 0 Å². The number of ether oxygens (including phenoxy) is 1. The molecule has 0 spiro atoms. The number of nitrogens with one attached hydrogen (secondary N) is 1. The number of nitrogens with zero attached hydrogens (tertiary/aromatic N) is 2. The van der Waals surface area contributed by atoms with Crippen LogP contribution in [0.1, 0.15) is 11.6 Å². The van der Waals surface area contributed by atoms with Crippen LogP contribution in [0.4, 0.5) is 0 Å². The molecule has 6 nitrogen and oxygen atoms in total. The molecule has 0 aliphatic carbocycles. The Balaban J connectivity index is 1.94. The van der Waals surface area contributed by atoms with E-state index in [1.54, 1.807) is 23.1 Å². The Hall–Kier alpha value is -2.18. The summed E-state index contributed by atoms with van der Waals surface area (Å²) in [6, 6.07) is 10.5. The third-order valence-corrected chi connectivity index (χ3v) is 3.08. The first-order valence-corrected chi connectivity index (χ1v) is 6.72. The second-order valence-corrected chi connectivity index (χ2v) is 4.66. The molecule has 1 aromatic heterocycles. The third kappa shape index (κ3) is 4.40. The molecular weight excluding hydrogens is 270 g/mol. The molecule has 2 aromatic rings. The molecule has 0 saturated carbocycles. The van der Waals surface area contributed by atoms with E-state index in [4.69, 9.17) is 4.74 Å². The van der Waals surface area contributed by atoms with Gasteiger partial charge in [-0.05, 0) is 11.6 Å². The Bertz CT molecular complexity index is 543. The van der Waals surface area contributed by atoms with Crippen molar-refractivity contribution >= 4 is 5.97 Å². The highest BCUT2D eigenvalue weighted by molar-refractivity contribution is 5.77. The lowest BCUT2D eigenvalue weighted by Crippen LogP contribution is -2.37. The second kappa shape index (κ2) is 7.56. The van der Waals surface area contributed by atoms with Gasteiger partial charge in [-0.1, -0.05) is 30.3 Å². The van der Waals surface area contributed by atoms with Gasteiger partial charge < -0.3 is 9.84 Å². The van der Waals surface area contributed by atoms with Crippen LogP contribution in [0.15, 0.2) is 48.8 Å². The first kappa shape index (κ1) is 15.2. The molecule has 2 N–H and O–H groups in total. The monoisotopic (exact) mass is 289 g/mol. The predicted molar refractivity (Wildman–Crippen MR) is 77.4 cm³/mol. The number of rotatable bonds is 7. The summed E-state index contributed by atoms with van der Waals surface area (Å²) in [5, 5.41) is 17.1. The van der Waals surface area contributed by atoms with E-state index < -0.39 is 12.1 Å². The lowest BCUT2D eigenvalue weighted by Gasteiger charge is -2.19. The molecular formula is C15H19N3O3. The van der Waals surface area contributed by atoms with Crippen LogP contribution >= 0.6 is 0 Å². The fraction of sp³-hybridized carbons (Fsp3) is 0.333. The highest BCUT2D eigenvalue weighted by Gasteiger charge is 2.21. The summed E-state index contributed by atoms with van der Waals surface area (Å²) < 4.78 is 6.45. The summed E-state index contributed by atoms with van der Waals surface area (Å²) in [6.45, 7) is 0.622. The van der Waals surface area contributed by atoms with E-state index >= 15 is 0 Å². The summed E-state index contributed by atoms with van der Waals surface area (Å²) in [6.07, 6.45) is 2.78. The average molecular weight is 289 g/mol. The van der Waals surface area contributed by atoms with Gasteiger partial charge >= 0.3 is 5.97 Å². The number of hydrogen-bond donors (Lipinski definition) is 2. The zero-order chi connectivity index (χ0) is 15.1. The molecule has 0 amide bonds. The molecule has 0 saturated heterocycles. The van der Waals surface area contributed by atoms with Gasteiger partial charge in [0.05, 0.1) is 19.8 Å². The number of aliphatic hydroxyl groups excluding tert-OH is 1. The summed E-state index contributed by atoms with van der Waals surface area (Å²) >= 11 is 0. The van der Waals surface area contributed by atoms with Crippen LogP contribution in [0, 0.1) is 0 Å². The van der Waals surface area contributed by atoms with E-state index in [-0.39, 0.29) is 12.5 Å². The minimum absolute atomic E-state index is 0.258. The summed E-state index contributed by atoms with van der Waals surface area (Å²) in [7, 11) is 1.35. The van der Waals surface area contributed by atoms with Gasteiger partial charge in [-0.15, -0.1) is 0 Å². The van der Waals surface area contributed by atoms with Gasteiger partial charge in [0.15, 0.2) is 0 Å². The molecule has 1 aromatic carbocycles. The molecule has 2 rings (SSSR count). The molecule has 0 radical (unpaired) electrons. The van der Waals surface area contributed by atoms with Gasteiger partial charge in [-0.3, -0.25) is 10.00 Å². The summed E-state index contributed by atoms with van der Waals surface area (Å²) in [4.78, 5) is 11.9. The number of benzene rings is 1. The lowest BCUT2D eigenvalue weighted by molar-refractivity contribution is -0.143. The van der Waals surface area contributed by atoms with Crippen molar-refractivity contribution in [3.8, 4) is 0 Å². The van der Waals surface area contributed by atoms with Gasteiger partial charge in [-0.2, -0.15) is 5.10 Å². The largest absolute Gasteiger partial charge is 0.468 e. The van der Waals surface area contributed by atoms with Crippen molar-refractivity contribution < 1.29 is 14.6 Å². The van der Waals surface area contributed by atoms with Gasteiger partial charge in [0.2, 0.25) is 0 Å². The number of aliphatic hydroxyl groups is 1. The number of carbonyl (C=O) groups is 1. The van der Waals surface area contributed by atoms with Crippen LogP contribution in [0.3, 0.4) is 0 Å². The van der Waals surface area contributed by atoms with Crippen molar-refractivity contribution in [2.75, 3.05) is 13.7 Å². The number of esters is 1. The standard InChI is InChI=1S/C15H19N3O3/c1-21-15(20)14(12-6-3-2-4-7-12)16-10-13(19)11-18-9-5-8-17-18/h2-9,13-14,16,19H,10-11H2,1H3. The maximum absolute atomic E-state index is 11.9. The lowest BCUT2D eigenvalue weighted by atomic mass is 10.1. The van der Waals surface area contributed by atoms with Crippen LogP contribution < -0.4 is 5.32 Å². The first-order chi connectivity index (χ1) is 10.2. The molecule has 2 atom stereocenters. The van der Waals surface area contributed by atoms with Gasteiger partial charge in [0.1, 0.15) is 6.04 Å². The second-order valence-electron chi connectivity index (χ2n) is 4.66. The van der Waals surface area contributed by atoms with Gasteiger partial charge in [0, 0.05) is 18.9 Å². The average Bonchev–Trinajstić information content (AvgIpc) is 3.01. The maximum atomic E-state index is 11.9. The van der Waals surface area contributed by atoms with E-state index in [0.29, 0.717) is 6.54 Å². The molecule has 2 unspecified atom stereocenters. The summed E-state index contributed by atoms with van der Waals surface area (Å²) in [5.74, 6) is -0.382. The van der Waals surface area contributed by atoms with Crippen LogP contribution in [0.25, 0.3) is 0 Å². The maximum Gasteiger partial charge on any atom is 0.327 e. The van der Waals surface area contributed by atoms with Crippen LogP contribution in [-0.2, 0) is 16.1 Å². The molecule has 0 aliphatic rings. The predicted octanol–water partition coefficient (Wildman–Crippen LogP) is 0.748. The SMILES string of the molecule is COC(=O)C(NCC(O)Cn1cccn1)c1ccccc1. The molecule has 0 aliphatic heterocycles. The third-order valence-electron chi connectivity index (χ3n) is 3.08. The van der Waals surface area contributed by atoms with Gasteiger partial charge in [-0.25, -0.2) is 4.79 Å². The van der Waals surface area contributed by atoms with Gasteiger partial charge in [0.25, 0.3) is 0 Å². The Labute approximate surface area is 123 Å². The highest BCUT2D eigenvalue weighted by atomic mass is 16.5. The number of methoxy groups -OCH3 is 1. The fourth-order valence-corrected chi connectivity index (χ4v) is 2.04. The van der Waals surface area contributed by atoms with E-state index in [2.05, 4.69) is 10.4 Å². The molecule has 112 valence electrons. The topological polar surface area (TPSA) is 76.4 Å². The molecule has 0 fully saturated rings. The van der Waals surface area contributed by atoms with Crippen LogP contribution in [0.2, 0.25) is 0 Å². The van der Waals surface area contributed by atoms with Crippen LogP contribution in [0.5, 0.6) is 0 Å². The van der Waals surface area contributed by atoms with E-state index in [1.165, 1.54) is 7.11 Å². The van der Waals surface area contributed by atoms with E-state index in [0.717, 1.165) is 5.56 Å². The van der Waals surface area contributed by atoms with Crippen molar-refractivity contribution in [2.24, 2.45) is 0 Å². The number of aromatic nitrogens is 2. The first-order valence-electron chi connectivity index (χ1n) is 6.72. The van der Waals surface area contributed by atoms with E-state index in [1.807, 2.05) is 30.3 Å². The molecule has 21 heavy (non-hydrogen) atoms. The minimum Gasteiger partial charge on any atom is -0.468 e. The molecule has 0 bridgehead atoms. The molecule has 1 heterocycles. The van der Waals surface area contributed by atoms with Crippen molar-refractivity contribution in [1.82, 2.24) is 15.1 Å². The Morgan fingerprint density at radius 2 is 2.14 bits per heavy atom. The van der Waals surface area contributed by atoms with Crippen LogP contribution in [-0.4, -0.2) is 40.6 Å². The highest BCUT2D eigenvalue weighted by Crippen LogP contribution is 2.14. The van der Waals surface area contributed by atoms with Crippen molar-refractivity contribution in [3.05, 3.63) is 54.4 Å². The molecule has 6 heteroatoms. The quantitative estimate of drug-likeness (QED) is 0.736. The normalized spacial score (nSPS) is 13.6.